The average Bonchev–Trinajstić information content (AvgIpc) is 2.63. The highest BCUT2D eigenvalue weighted by molar-refractivity contribution is 5.49. The van der Waals surface area contributed by atoms with E-state index in [-0.39, 0.29) is 0 Å². The van der Waals surface area contributed by atoms with Crippen LogP contribution in [-0.4, -0.2) is 30.6 Å². The molecule has 0 aliphatic carbocycles. The number of nitrogens with zero attached hydrogens (tertiary/aromatic N) is 2. The number of piperazine rings is 1. The maximum atomic E-state index is 2.79. The molecule has 0 saturated carbocycles. The predicted molar refractivity (Wildman–Crippen MR) is 106 cm³/mol. The van der Waals surface area contributed by atoms with Crippen molar-refractivity contribution in [3.05, 3.63) is 64.7 Å². The number of fused-ring (bicyclic) bond motifs is 1. The maximum Gasteiger partial charge on any atom is 0.0369 e. The molecule has 0 N–H and O–H groups in total. The van der Waals surface area contributed by atoms with Gasteiger partial charge in [-0.25, -0.2) is 0 Å². The average molecular weight is 335 g/mol. The number of hydrogen-bond acceptors (Lipinski definition) is 2. The first-order valence-corrected chi connectivity index (χ1v) is 9.76. The van der Waals surface area contributed by atoms with Gasteiger partial charge in [0.2, 0.25) is 0 Å². The minimum atomic E-state index is 0.609. The molecule has 2 fully saturated rings. The van der Waals surface area contributed by atoms with Crippen molar-refractivity contribution in [1.29, 1.82) is 0 Å². The Morgan fingerprint density at radius 3 is 2.56 bits per heavy atom. The molecule has 2 atom stereocenters. The van der Waals surface area contributed by atoms with Gasteiger partial charge in [-0.05, 0) is 74.4 Å². The van der Waals surface area contributed by atoms with Gasteiger partial charge in [0, 0.05) is 37.4 Å². The van der Waals surface area contributed by atoms with E-state index in [0.29, 0.717) is 12.1 Å². The minimum absolute atomic E-state index is 0.609. The molecule has 25 heavy (non-hydrogen) atoms. The zero-order valence-corrected chi connectivity index (χ0v) is 15.8. The molecule has 2 unspecified atom stereocenters. The third-order valence-electron chi connectivity index (χ3n) is 6.23. The molecule has 2 heterocycles. The SMILES string of the molecule is Cc1cccc(N2CCN3C(CCCC3c3ccc(C)c(C)c3)C2)c1. The summed E-state index contributed by atoms with van der Waals surface area (Å²) < 4.78 is 0. The van der Waals surface area contributed by atoms with Crippen molar-refractivity contribution in [2.45, 2.75) is 52.1 Å². The maximum absolute atomic E-state index is 2.79. The minimum Gasteiger partial charge on any atom is -0.369 e. The van der Waals surface area contributed by atoms with Crippen molar-refractivity contribution in [3.63, 3.8) is 0 Å². The lowest BCUT2D eigenvalue weighted by Crippen LogP contribution is -2.55. The summed E-state index contributed by atoms with van der Waals surface area (Å²) in [5.74, 6) is 0. The zero-order valence-electron chi connectivity index (χ0n) is 15.8. The lowest BCUT2D eigenvalue weighted by Gasteiger charge is -2.49. The molecule has 0 radical (unpaired) electrons. The normalized spacial score (nSPS) is 24.2. The summed E-state index contributed by atoms with van der Waals surface area (Å²) in [7, 11) is 0. The quantitative estimate of drug-likeness (QED) is 0.760. The molecule has 2 nitrogen and oxygen atoms in total. The topological polar surface area (TPSA) is 6.48 Å². The number of anilines is 1. The van der Waals surface area contributed by atoms with Gasteiger partial charge in [0.15, 0.2) is 0 Å². The summed E-state index contributed by atoms with van der Waals surface area (Å²) in [6, 6.07) is 17.4. The van der Waals surface area contributed by atoms with Crippen molar-refractivity contribution >= 4 is 5.69 Å². The van der Waals surface area contributed by atoms with Crippen LogP contribution in [0.1, 0.15) is 47.6 Å². The van der Waals surface area contributed by atoms with Crippen LogP contribution in [0.5, 0.6) is 0 Å². The number of rotatable bonds is 2. The Morgan fingerprint density at radius 1 is 0.880 bits per heavy atom. The largest absolute Gasteiger partial charge is 0.369 e. The van der Waals surface area contributed by atoms with Crippen LogP contribution in [0.25, 0.3) is 0 Å². The van der Waals surface area contributed by atoms with Crippen LogP contribution < -0.4 is 4.90 Å². The van der Waals surface area contributed by atoms with E-state index in [9.17, 15) is 0 Å². The molecule has 132 valence electrons. The first kappa shape index (κ1) is 16.7. The highest BCUT2D eigenvalue weighted by Gasteiger charge is 2.35. The second-order valence-corrected chi connectivity index (χ2v) is 7.97. The highest BCUT2D eigenvalue weighted by Crippen LogP contribution is 2.37. The van der Waals surface area contributed by atoms with Crippen LogP contribution in [0.4, 0.5) is 5.69 Å². The van der Waals surface area contributed by atoms with Crippen molar-refractivity contribution < 1.29 is 0 Å². The Morgan fingerprint density at radius 2 is 1.76 bits per heavy atom. The summed E-state index contributed by atoms with van der Waals surface area (Å²) in [4.78, 5) is 5.39. The van der Waals surface area contributed by atoms with Gasteiger partial charge in [-0.3, -0.25) is 4.90 Å². The van der Waals surface area contributed by atoms with E-state index in [1.807, 2.05) is 0 Å². The van der Waals surface area contributed by atoms with Crippen molar-refractivity contribution in [2.75, 3.05) is 24.5 Å². The molecule has 4 rings (SSSR count). The first-order valence-electron chi connectivity index (χ1n) is 9.76. The highest BCUT2D eigenvalue weighted by atomic mass is 15.3. The smallest absolute Gasteiger partial charge is 0.0369 e. The third-order valence-corrected chi connectivity index (χ3v) is 6.23. The Bertz CT molecular complexity index is 752. The van der Waals surface area contributed by atoms with Gasteiger partial charge in [0.1, 0.15) is 0 Å². The van der Waals surface area contributed by atoms with E-state index in [1.54, 1.807) is 0 Å². The molecule has 2 aliphatic heterocycles. The van der Waals surface area contributed by atoms with Crippen LogP contribution in [0.3, 0.4) is 0 Å². The lowest BCUT2D eigenvalue weighted by molar-refractivity contribution is 0.0716. The Labute approximate surface area is 152 Å². The van der Waals surface area contributed by atoms with Gasteiger partial charge in [-0.1, -0.05) is 30.3 Å². The molecule has 2 aromatic rings. The van der Waals surface area contributed by atoms with Gasteiger partial charge in [-0.2, -0.15) is 0 Å². The third kappa shape index (κ3) is 3.32. The standard InChI is InChI=1S/C23H30N2/c1-17-6-4-7-21(14-17)24-12-13-25-22(16-24)8-5-9-23(25)20-11-10-18(2)19(3)15-20/h4,6-7,10-11,14-15,22-23H,5,8-9,12-13,16H2,1-3H3. The van der Waals surface area contributed by atoms with Gasteiger partial charge >= 0.3 is 0 Å². The first-order chi connectivity index (χ1) is 12.1. The Balaban J connectivity index is 1.53. The molecule has 0 aromatic heterocycles. The van der Waals surface area contributed by atoms with E-state index >= 15 is 0 Å². The van der Waals surface area contributed by atoms with E-state index in [2.05, 4.69) is 73.0 Å². The van der Waals surface area contributed by atoms with Crippen LogP contribution >= 0.6 is 0 Å². The van der Waals surface area contributed by atoms with Crippen LogP contribution in [0.15, 0.2) is 42.5 Å². The molecule has 0 bridgehead atoms. The molecule has 2 saturated heterocycles. The van der Waals surface area contributed by atoms with Crippen LogP contribution in [0.2, 0.25) is 0 Å². The molecule has 0 amide bonds. The van der Waals surface area contributed by atoms with E-state index < -0.39 is 0 Å². The summed E-state index contributed by atoms with van der Waals surface area (Å²) >= 11 is 0. The van der Waals surface area contributed by atoms with Gasteiger partial charge in [0.05, 0.1) is 0 Å². The molecule has 2 aliphatic rings. The van der Waals surface area contributed by atoms with Gasteiger partial charge in [-0.15, -0.1) is 0 Å². The fourth-order valence-electron chi connectivity index (χ4n) is 4.64. The van der Waals surface area contributed by atoms with Crippen LogP contribution in [0, 0.1) is 20.8 Å². The van der Waals surface area contributed by atoms with Crippen molar-refractivity contribution in [2.24, 2.45) is 0 Å². The summed E-state index contributed by atoms with van der Waals surface area (Å²) in [5, 5.41) is 0. The predicted octanol–water partition coefficient (Wildman–Crippen LogP) is 5.03. The molecule has 2 aromatic carbocycles. The van der Waals surface area contributed by atoms with Crippen LogP contribution in [-0.2, 0) is 0 Å². The second kappa shape index (κ2) is 6.84. The second-order valence-electron chi connectivity index (χ2n) is 7.97. The van der Waals surface area contributed by atoms with Crippen molar-refractivity contribution in [3.8, 4) is 0 Å². The molecule has 2 heteroatoms. The number of piperidine rings is 1. The summed E-state index contributed by atoms with van der Waals surface area (Å²) in [6.07, 6.45) is 3.99. The summed E-state index contributed by atoms with van der Waals surface area (Å²) in [5.41, 5.74) is 7.11. The molecular weight excluding hydrogens is 304 g/mol. The van der Waals surface area contributed by atoms with Crippen molar-refractivity contribution in [1.82, 2.24) is 4.90 Å². The van der Waals surface area contributed by atoms with E-state index in [0.717, 1.165) is 6.54 Å². The van der Waals surface area contributed by atoms with Gasteiger partial charge < -0.3 is 4.90 Å². The van der Waals surface area contributed by atoms with E-state index in [1.165, 1.54) is 60.3 Å². The van der Waals surface area contributed by atoms with Gasteiger partial charge in [0.25, 0.3) is 0 Å². The summed E-state index contributed by atoms with van der Waals surface area (Å²) in [6.45, 7) is 10.1. The number of aryl methyl sites for hydroxylation is 3. The monoisotopic (exact) mass is 334 g/mol. The lowest BCUT2D eigenvalue weighted by atomic mass is 9.88. The molecular formula is C23H30N2. The number of hydrogen-bond donors (Lipinski definition) is 0. The fourth-order valence-corrected chi connectivity index (χ4v) is 4.64. The Kier molecular flexibility index (Phi) is 4.56. The van der Waals surface area contributed by atoms with E-state index in [4.69, 9.17) is 0 Å². The Hall–Kier alpha value is -1.80. The molecule has 0 spiro atoms. The number of benzene rings is 2. The zero-order chi connectivity index (χ0) is 17.4. The fraction of sp³-hybridized carbons (Fsp3) is 0.478.